The number of benzene rings is 1. The molecule has 6 unspecified atom stereocenters. The predicted octanol–water partition coefficient (Wildman–Crippen LogP) is 2.50. The second kappa shape index (κ2) is 13.9. The summed E-state index contributed by atoms with van der Waals surface area (Å²) in [5, 5.41) is 15.2. The lowest BCUT2D eigenvalue weighted by Crippen LogP contribution is -2.56. The van der Waals surface area contributed by atoms with Crippen molar-refractivity contribution in [3.8, 4) is 5.75 Å². The van der Waals surface area contributed by atoms with Gasteiger partial charge in [0.2, 0.25) is 17.7 Å². The average Bonchev–Trinajstić information content (AvgIpc) is 2.86. The molecule has 1 saturated heterocycles. The van der Waals surface area contributed by atoms with Crippen LogP contribution in [0.1, 0.15) is 53.0 Å². The number of halogens is 1. The summed E-state index contributed by atoms with van der Waals surface area (Å²) in [6.07, 6.45) is -0.148. The zero-order chi connectivity index (χ0) is 29.6. The Bertz CT molecular complexity index is 1140. The van der Waals surface area contributed by atoms with Gasteiger partial charge in [0.1, 0.15) is 23.9 Å². The summed E-state index contributed by atoms with van der Waals surface area (Å²) in [6.45, 7) is 11.9. The maximum absolute atomic E-state index is 13.4. The van der Waals surface area contributed by atoms with Gasteiger partial charge in [0, 0.05) is 25.3 Å². The van der Waals surface area contributed by atoms with E-state index >= 15 is 0 Å². The number of esters is 1. The topological polar surface area (TPSA) is 142 Å². The molecule has 11 heteroatoms. The van der Waals surface area contributed by atoms with E-state index in [1.165, 1.54) is 31.9 Å². The molecule has 1 aromatic rings. The highest BCUT2D eigenvalue weighted by Gasteiger charge is 2.34. The molecule has 3 N–H and O–H groups in total. The zero-order valence-electron chi connectivity index (χ0n) is 23.2. The number of Topliss-reactive ketones (excluding diaryl/α,β-unsaturated/α-hetero) is 1. The first-order valence-corrected chi connectivity index (χ1v) is 14.0. The molecule has 0 saturated carbocycles. The summed E-state index contributed by atoms with van der Waals surface area (Å²) in [5.74, 6) is -3.44. The Kier molecular flexibility index (Phi) is 11.5. The van der Waals surface area contributed by atoms with Crippen molar-refractivity contribution in [3.63, 3.8) is 0 Å². The largest absolute Gasteiger partial charge is 0.507 e. The Balaban J connectivity index is 2.41. The number of carbonyl (C=O) groups is 5. The van der Waals surface area contributed by atoms with Crippen LogP contribution in [0.15, 0.2) is 30.4 Å². The Hall–Kier alpha value is -2.96. The SMILES string of the molecule is C=C1CC(C)C(=O)NC(C)C(=O)N(C)C(Cc2ccc(O)c(I)c2)C(=O)NC(C)C(=O)OC(C)CC(C)C1=O. The second-order valence-corrected chi connectivity index (χ2v) is 11.5. The number of nitrogens with zero attached hydrogens (tertiary/aromatic N) is 1. The second-order valence-electron chi connectivity index (χ2n) is 10.4. The molecule has 1 heterocycles. The summed E-state index contributed by atoms with van der Waals surface area (Å²) in [4.78, 5) is 66.4. The maximum Gasteiger partial charge on any atom is 0.328 e. The number of aromatic hydroxyl groups is 1. The van der Waals surface area contributed by atoms with Crippen LogP contribution in [0.3, 0.4) is 0 Å². The van der Waals surface area contributed by atoms with Gasteiger partial charge in [0.05, 0.1) is 9.67 Å². The standard InChI is InChI=1S/C28H38IN3O7/c1-14-10-16(3)25(35)30-18(5)27(37)32(7)22(13-20-8-9-23(33)21(29)12-20)26(36)31-19(6)28(38)39-17(4)11-15(2)24(14)34/h8-9,12,15-19,22,33H,1,10-11,13H2,2-7H3,(H,30,35)(H,31,36). The number of nitrogens with one attached hydrogen (secondary N) is 2. The van der Waals surface area contributed by atoms with Gasteiger partial charge in [0.15, 0.2) is 5.78 Å². The summed E-state index contributed by atoms with van der Waals surface area (Å²) >= 11 is 1.97. The monoisotopic (exact) mass is 655 g/mol. The lowest BCUT2D eigenvalue weighted by molar-refractivity contribution is -0.153. The number of hydrogen-bond donors (Lipinski definition) is 3. The molecule has 0 radical (unpaired) electrons. The van der Waals surface area contributed by atoms with Gasteiger partial charge in [-0.05, 0) is 79.5 Å². The number of cyclic esters (lactones) is 1. The van der Waals surface area contributed by atoms with Crippen LogP contribution in [0.25, 0.3) is 0 Å². The van der Waals surface area contributed by atoms with Crippen LogP contribution in [0.2, 0.25) is 0 Å². The van der Waals surface area contributed by atoms with E-state index in [1.807, 2.05) is 22.6 Å². The third kappa shape index (κ3) is 8.77. The first kappa shape index (κ1) is 32.3. The molecular weight excluding hydrogens is 617 g/mol. The molecule has 10 nitrogen and oxygen atoms in total. The molecule has 0 spiro atoms. The normalized spacial score (nSPS) is 28.7. The molecule has 0 aliphatic carbocycles. The molecule has 1 aliphatic heterocycles. The third-order valence-corrected chi connectivity index (χ3v) is 7.66. The molecule has 6 atom stereocenters. The highest BCUT2D eigenvalue weighted by molar-refractivity contribution is 14.1. The number of phenols is 1. The number of hydrogen-bond acceptors (Lipinski definition) is 7. The lowest BCUT2D eigenvalue weighted by atomic mass is 9.90. The van der Waals surface area contributed by atoms with Gasteiger partial charge >= 0.3 is 5.97 Å². The summed E-state index contributed by atoms with van der Waals surface area (Å²) in [5.41, 5.74) is 0.968. The van der Waals surface area contributed by atoms with Gasteiger partial charge in [-0.2, -0.15) is 0 Å². The quantitative estimate of drug-likeness (QED) is 0.253. The number of rotatable bonds is 2. The van der Waals surface area contributed by atoms with E-state index < -0.39 is 59.8 Å². The van der Waals surface area contributed by atoms with Crippen LogP contribution in [-0.4, -0.2) is 70.8 Å². The molecule has 1 aliphatic rings. The van der Waals surface area contributed by atoms with Crippen molar-refractivity contribution in [2.75, 3.05) is 7.05 Å². The minimum absolute atomic E-state index is 0.0904. The predicted molar refractivity (Wildman–Crippen MR) is 154 cm³/mol. The number of allylic oxidation sites excluding steroid dienone is 1. The van der Waals surface area contributed by atoms with E-state index in [9.17, 15) is 29.1 Å². The highest BCUT2D eigenvalue weighted by Crippen LogP contribution is 2.23. The molecule has 3 amide bonds. The molecule has 1 fully saturated rings. The fourth-order valence-corrected chi connectivity index (χ4v) is 5.00. The van der Waals surface area contributed by atoms with Crippen molar-refractivity contribution in [1.29, 1.82) is 0 Å². The maximum atomic E-state index is 13.4. The van der Waals surface area contributed by atoms with Crippen LogP contribution in [0.5, 0.6) is 5.75 Å². The van der Waals surface area contributed by atoms with E-state index in [4.69, 9.17) is 4.74 Å². The van der Waals surface area contributed by atoms with Crippen LogP contribution >= 0.6 is 22.6 Å². The number of phenolic OH excluding ortho intramolecular Hbond substituents is 1. The Morgan fingerprint density at radius 3 is 2.23 bits per heavy atom. The van der Waals surface area contributed by atoms with Crippen molar-refractivity contribution < 1.29 is 33.8 Å². The molecule has 2 rings (SSSR count). The fraction of sp³-hybridized carbons (Fsp3) is 0.536. The molecular formula is C28H38IN3O7. The first-order valence-electron chi connectivity index (χ1n) is 12.9. The van der Waals surface area contributed by atoms with Gasteiger partial charge in [0.25, 0.3) is 0 Å². The van der Waals surface area contributed by atoms with Crippen LogP contribution in [0, 0.1) is 15.4 Å². The number of ketones is 1. The van der Waals surface area contributed by atoms with Gasteiger partial charge in [-0.25, -0.2) is 4.79 Å². The number of carbonyl (C=O) groups excluding carboxylic acids is 5. The van der Waals surface area contributed by atoms with Crippen molar-refractivity contribution in [3.05, 3.63) is 39.5 Å². The zero-order valence-corrected chi connectivity index (χ0v) is 25.4. The number of likely N-dealkylation sites (N-methyl/N-ethyl adjacent to an activating group) is 1. The van der Waals surface area contributed by atoms with E-state index in [2.05, 4.69) is 17.2 Å². The summed E-state index contributed by atoms with van der Waals surface area (Å²) < 4.78 is 6.07. The number of amides is 3. The fourth-order valence-electron chi connectivity index (χ4n) is 4.42. The average molecular weight is 656 g/mol. The Morgan fingerprint density at radius 2 is 1.62 bits per heavy atom. The summed E-state index contributed by atoms with van der Waals surface area (Å²) in [6, 6.07) is 1.83. The van der Waals surface area contributed by atoms with E-state index in [-0.39, 0.29) is 36.4 Å². The third-order valence-electron chi connectivity index (χ3n) is 6.80. The first-order chi connectivity index (χ1) is 18.1. The minimum Gasteiger partial charge on any atom is -0.507 e. The molecule has 39 heavy (non-hydrogen) atoms. The van der Waals surface area contributed by atoms with Crippen LogP contribution in [0.4, 0.5) is 0 Å². The van der Waals surface area contributed by atoms with E-state index in [1.54, 1.807) is 32.9 Å². The lowest BCUT2D eigenvalue weighted by Gasteiger charge is -2.31. The van der Waals surface area contributed by atoms with E-state index in [0.717, 1.165) is 0 Å². The van der Waals surface area contributed by atoms with E-state index in [0.29, 0.717) is 9.13 Å². The Morgan fingerprint density at radius 1 is 1.00 bits per heavy atom. The van der Waals surface area contributed by atoms with Gasteiger partial charge < -0.3 is 25.4 Å². The van der Waals surface area contributed by atoms with Gasteiger partial charge in [-0.1, -0.05) is 26.5 Å². The summed E-state index contributed by atoms with van der Waals surface area (Å²) in [7, 11) is 1.45. The molecule has 214 valence electrons. The van der Waals surface area contributed by atoms with Crippen LogP contribution in [-0.2, 0) is 35.1 Å². The highest BCUT2D eigenvalue weighted by atomic mass is 127. The van der Waals surface area contributed by atoms with Crippen molar-refractivity contribution >= 4 is 52.1 Å². The van der Waals surface area contributed by atoms with Crippen molar-refractivity contribution in [2.24, 2.45) is 11.8 Å². The molecule has 1 aromatic carbocycles. The van der Waals surface area contributed by atoms with Crippen molar-refractivity contribution in [1.82, 2.24) is 15.5 Å². The number of ether oxygens (including phenoxy) is 1. The van der Waals surface area contributed by atoms with Crippen molar-refractivity contribution in [2.45, 2.75) is 78.1 Å². The minimum atomic E-state index is -1.03. The Labute approximate surface area is 243 Å². The van der Waals surface area contributed by atoms with Crippen LogP contribution < -0.4 is 10.6 Å². The smallest absolute Gasteiger partial charge is 0.328 e. The van der Waals surface area contributed by atoms with Gasteiger partial charge in [-0.15, -0.1) is 0 Å². The van der Waals surface area contributed by atoms with Gasteiger partial charge in [-0.3, -0.25) is 19.2 Å². The molecule has 0 bridgehead atoms. The molecule has 0 aromatic heterocycles.